The maximum atomic E-state index is 12.6. The molecule has 0 radical (unpaired) electrons. The van der Waals surface area contributed by atoms with Crippen LogP contribution in [0.1, 0.15) is 28.9 Å². The maximum Gasteiger partial charge on any atom is 0.253 e. The summed E-state index contributed by atoms with van der Waals surface area (Å²) in [6.07, 6.45) is 0. The molecule has 0 bridgehead atoms. The van der Waals surface area contributed by atoms with E-state index >= 15 is 0 Å². The van der Waals surface area contributed by atoms with Gasteiger partial charge in [-0.15, -0.1) is 11.3 Å². The molecule has 0 saturated heterocycles. The molecule has 0 aliphatic rings. The van der Waals surface area contributed by atoms with Crippen molar-refractivity contribution in [1.82, 2.24) is 5.32 Å². The Morgan fingerprint density at radius 2 is 1.83 bits per heavy atom. The zero-order valence-corrected chi connectivity index (χ0v) is 14.6. The fraction of sp³-hybridized carbons (Fsp3) is 0.211. The highest BCUT2D eigenvalue weighted by Crippen LogP contribution is 2.30. The molecule has 24 heavy (non-hydrogen) atoms. The summed E-state index contributed by atoms with van der Waals surface area (Å²) in [5.41, 5.74) is 1.67. The molecule has 0 spiro atoms. The summed E-state index contributed by atoms with van der Waals surface area (Å²) < 4.78 is 11.7. The third-order valence-electron chi connectivity index (χ3n) is 3.98. The highest BCUT2D eigenvalue weighted by molar-refractivity contribution is 7.17. The first kappa shape index (κ1) is 16.3. The number of hydrogen-bond donors (Lipinski definition) is 1. The van der Waals surface area contributed by atoms with E-state index in [1.165, 1.54) is 0 Å². The van der Waals surface area contributed by atoms with Crippen LogP contribution in [0.3, 0.4) is 0 Å². The van der Waals surface area contributed by atoms with Gasteiger partial charge in [0.25, 0.3) is 5.91 Å². The molecule has 5 heteroatoms. The van der Waals surface area contributed by atoms with Gasteiger partial charge in [-0.1, -0.05) is 24.3 Å². The summed E-state index contributed by atoms with van der Waals surface area (Å²) in [5.74, 6) is 1.25. The van der Waals surface area contributed by atoms with Gasteiger partial charge in [-0.25, -0.2) is 0 Å². The number of rotatable bonds is 5. The minimum Gasteiger partial charge on any atom is -0.493 e. The third kappa shape index (κ3) is 3.08. The van der Waals surface area contributed by atoms with Crippen LogP contribution in [0, 0.1) is 0 Å². The molecular formula is C19H19NO3S. The van der Waals surface area contributed by atoms with Gasteiger partial charge in [0.05, 0.1) is 25.8 Å². The van der Waals surface area contributed by atoms with E-state index in [0.29, 0.717) is 17.1 Å². The summed E-state index contributed by atoms with van der Waals surface area (Å²) in [4.78, 5) is 12.6. The Bertz CT molecular complexity index is 872. The monoisotopic (exact) mass is 341 g/mol. The number of fused-ring (bicyclic) bond motifs is 1. The summed E-state index contributed by atoms with van der Waals surface area (Å²) >= 11 is 1.58. The SMILES string of the molecule is COc1ccc([C@H](C)NC(=O)c2csc3ccccc23)cc1OC. The summed E-state index contributed by atoms with van der Waals surface area (Å²) in [6, 6.07) is 13.4. The lowest BCUT2D eigenvalue weighted by Gasteiger charge is -2.16. The molecule has 3 aromatic rings. The van der Waals surface area contributed by atoms with Crippen molar-refractivity contribution in [3.63, 3.8) is 0 Å². The molecule has 2 aromatic carbocycles. The number of carbonyl (C=O) groups is 1. The van der Waals surface area contributed by atoms with Crippen LogP contribution >= 0.6 is 11.3 Å². The lowest BCUT2D eigenvalue weighted by Crippen LogP contribution is -2.26. The van der Waals surface area contributed by atoms with E-state index in [9.17, 15) is 4.79 Å². The van der Waals surface area contributed by atoms with E-state index < -0.39 is 0 Å². The molecule has 0 aliphatic heterocycles. The minimum atomic E-state index is -0.143. The molecule has 3 rings (SSSR count). The van der Waals surface area contributed by atoms with Crippen molar-refractivity contribution < 1.29 is 14.3 Å². The number of carbonyl (C=O) groups excluding carboxylic acids is 1. The third-order valence-corrected chi connectivity index (χ3v) is 4.94. The van der Waals surface area contributed by atoms with E-state index in [0.717, 1.165) is 15.6 Å². The minimum absolute atomic E-state index is 0.0743. The van der Waals surface area contributed by atoms with Gasteiger partial charge in [0.1, 0.15) is 0 Å². The molecule has 1 heterocycles. The van der Waals surface area contributed by atoms with Crippen LogP contribution in [0.5, 0.6) is 11.5 Å². The normalized spacial score (nSPS) is 12.0. The quantitative estimate of drug-likeness (QED) is 0.748. The fourth-order valence-electron chi connectivity index (χ4n) is 2.63. The van der Waals surface area contributed by atoms with Crippen molar-refractivity contribution >= 4 is 27.3 Å². The van der Waals surface area contributed by atoms with Gasteiger partial charge in [-0.05, 0) is 30.7 Å². The Morgan fingerprint density at radius 3 is 2.58 bits per heavy atom. The van der Waals surface area contributed by atoms with E-state index in [4.69, 9.17) is 9.47 Å². The number of thiophene rings is 1. The molecule has 1 atom stereocenters. The first-order chi connectivity index (χ1) is 11.6. The number of methoxy groups -OCH3 is 2. The van der Waals surface area contributed by atoms with Gasteiger partial charge in [0, 0.05) is 15.5 Å². The van der Waals surface area contributed by atoms with Crippen LogP contribution in [0.25, 0.3) is 10.1 Å². The summed E-state index contributed by atoms with van der Waals surface area (Å²) in [7, 11) is 3.20. The van der Waals surface area contributed by atoms with Crippen LogP contribution < -0.4 is 14.8 Å². The van der Waals surface area contributed by atoms with Gasteiger partial charge in [0.15, 0.2) is 11.5 Å². The van der Waals surface area contributed by atoms with E-state index in [1.807, 2.05) is 54.8 Å². The zero-order chi connectivity index (χ0) is 17.1. The predicted octanol–water partition coefficient (Wildman–Crippen LogP) is 4.41. The van der Waals surface area contributed by atoms with Gasteiger partial charge in [0.2, 0.25) is 0 Å². The zero-order valence-electron chi connectivity index (χ0n) is 13.8. The van der Waals surface area contributed by atoms with Gasteiger partial charge >= 0.3 is 0 Å². The van der Waals surface area contributed by atoms with Crippen LogP contribution in [0.15, 0.2) is 47.8 Å². The Labute approximate surface area is 145 Å². The second-order valence-electron chi connectivity index (χ2n) is 5.46. The largest absolute Gasteiger partial charge is 0.493 e. The van der Waals surface area contributed by atoms with Crippen molar-refractivity contribution in [3.05, 3.63) is 59.0 Å². The first-order valence-corrected chi connectivity index (χ1v) is 8.51. The first-order valence-electron chi connectivity index (χ1n) is 7.63. The van der Waals surface area contributed by atoms with E-state index in [-0.39, 0.29) is 11.9 Å². The Morgan fingerprint density at radius 1 is 1.08 bits per heavy atom. The Hall–Kier alpha value is -2.53. The van der Waals surface area contributed by atoms with Crippen LogP contribution in [0.4, 0.5) is 0 Å². The Balaban J connectivity index is 1.81. The van der Waals surface area contributed by atoms with Crippen molar-refractivity contribution in [3.8, 4) is 11.5 Å². The van der Waals surface area contributed by atoms with Crippen molar-refractivity contribution in [2.24, 2.45) is 0 Å². The summed E-state index contributed by atoms with van der Waals surface area (Å²) in [6.45, 7) is 1.95. The van der Waals surface area contributed by atoms with Gasteiger partial charge in [-0.3, -0.25) is 4.79 Å². The summed E-state index contributed by atoms with van der Waals surface area (Å²) in [5, 5.41) is 5.94. The van der Waals surface area contributed by atoms with Crippen LogP contribution in [-0.2, 0) is 0 Å². The predicted molar refractivity (Wildman–Crippen MR) is 97.3 cm³/mol. The van der Waals surface area contributed by atoms with Crippen molar-refractivity contribution in [1.29, 1.82) is 0 Å². The number of benzene rings is 2. The van der Waals surface area contributed by atoms with E-state index in [2.05, 4.69) is 5.32 Å². The number of amides is 1. The average molecular weight is 341 g/mol. The lowest BCUT2D eigenvalue weighted by atomic mass is 10.1. The molecule has 0 saturated carbocycles. The molecule has 1 N–H and O–H groups in total. The highest BCUT2D eigenvalue weighted by atomic mass is 32.1. The molecule has 124 valence electrons. The lowest BCUT2D eigenvalue weighted by molar-refractivity contribution is 0.0942. The number of nitrogens with one attached hydrogen (secondary N) is 1. The van der Waals surface area contributed by atoms with E-state index in [1.54, 1.807) is 25.6 Å². The maximum absolute atomic E-state index is 12.6. The van der Waals surface area contributed by atoms with Gasteiger partial charge < -0.3 is 14.8 Å². The van der Waals surface area contributed by atoms with Crippen LogP contribution in [0.2, 0.25) is 0 Å². The Kier molecular flexibility index (Phi) is 4.71. The molecule has 0 unspecified atom stereocenters. The van der Waals surface area contributed by atoms with Crippen molar-refractivity contribution in [2.75, 3.05) is 14.2 Å². The number of ether oxygens (including phenoxy) is 2. The van der Waals surface area contributed by atoms with Crippen molar-refractivity contribution in [2.45, 2.75) is 13.0 Å². The van der Waals surface area contributed by atoms with Crippen LogP contribution in [-0.4, -0.2) is 20.1 Å². The smallest absolute Gasteiger partial charge is 0.253 e. The second-order valence-corrected chi connectivity index (χ2v) is 6.37. The molecular weight excluding hydrogens is 322 g/mol. The molecule has 1 amide bonds. The standard InChI is InChI=1S/C19H19NO3S/c1-12(13-8-9-16(22-2)17(10-13)23-3)20-19(21)15-11-24-18-7-5-4-6-14(15)18/h4-12H,1-3H3,(H,20,21)/t12-/m0/s1. The molecule has 4 nitrogen and oxygen atoms in total. The molecule has 0 aliphatic carbocycles. The highest BCUT2D eigenvalue weighted by Gasteiger charge is 2.16. The topological polar surface area (TPSA) is 47.6 Å². The fourth-order valence-corrected chi connectivity index (χ4v) is 3.57. The second kappa shape index (κ2) is 6.93. The molecule has 0 fully saturated rings. The average Bonchev–Trinajstić information content (AvgIpc) is 3.05. The van der Waals surface area contributed by atoms with Gasteiger partial charge in [-0.2, -0.15) is 0 Å². The molecule has 1 aromatic heterocycles. The number of hydrogen-bond acceptors (Lipinski definition) is 4.